The Hall–Kier alpha value is -2.78. The van der Waals surface area contributed by atoms with Crippen LogP contribution in [0.2, 0.25) is 0 Å². The highest BCUT2D eigenvalue weighted by atomic mass is 16.6. The van der Waals surface area contributed by atoms with Gasteiger partial charge in [0.2, 0.25) is 5.91 Å². The molecule has 0 saturated heterocycles. The third kappa shape index (κ3) is 4.61. The van der Waals surface area contributed by atoms with Gasteiger partial charge in [0, 0.05) is 17.8 Å². The lowest BCUT2D eigenvalue weighted by Gasteiger charge is -2.22. The summed E-state index contributed by atoms with van der Waals surface area (Å²) in [6.45, 7) is 3.11. The van der Waals surface area contributed by atoms with E-state index in [-0.39, 0.29) is 12.2 Å². The van der Waals surface area contributed by atoms with E-state index in [0.29, 0.717) is 5.56 Å². The predicted octanol–water partition coefficient (Wildman–Crippen LogP) is 0.619. The molecule has 9 nitrogen and oxygen atoms in total. The zero-order valence-corrected chi connectivity index (χ0v) is 13.9. The minimum atomic E-state index is -1.20. The first-order valence-electron chi connectivity index (χ1n) is 7.65. The van der Waals surface area contributed by atoms with Crippen molar-refractivity contribution in [3.63, 3.8) is 0 Å². The molecule has 0 spiro atoms. The van der Waals surface area contributed by atoms with Gasteiger partial charge in [-0.3, -0.25) is 19.6 Å². The number of carbonyl (C=O) groups is 1. The van der Waals surface area contributed by atoms with Gasteiger partial charge in [-0.2, -0.15) is 5.10 Å². The van der Waals surface area contributed by atoms with Gasteiger partial charge in [0.1, 0.15) is 12.6 Å². The van der Waals surface area contributed by atoms with Crippen molar-refractivity contribution in [2.75, 3.05) is 6.61 Å². The number of benzene rings is 1. The molecule has 1 heterocycles. The summed E-state index contributed by atoms with van der Waals surface area (Å²) in [7, 11) is 0. The molecule has 1 amide bonds. The van der Waals surface area contributed by atoms with Gasteiger partial charge in [0.25, 0.3) is 5.69 Å². The standard InChI is InChI=1S/C16H20N4O5/c1-10-7-11(2)19(18-10)8-15(22)17-14(9-21)16(23)12-3-5-13(6-4-12)20(24)25/h3-7,14,16,21,23H,8-9H2,1-2H3,(H,17,22). The van der Waals surface area contributed by atoms with Gasteiger partial charge in [0.05, 0.1) is 23.3 Å². The van der Waals surface area contributed by atoms with Crippen molar-refractivity contribution in [1.82, 2.24) is 15.1 Å². The molecule has 1 aromatic heterocycles. The maximum absolute atomic E-state index is 12.1. The topological polar surface area (TPSA) is 131 Å². The molecule has 9 heteroatoms. The molecule has 134 valence electrons. The van der Waals surface area contributed by atoms with Crippen LogP contribution in [0.1, 0.15) is 23.1 Å². The van der Waals surface area contributed by atoms with Crippen LogP contribution < -0.4 is 5.32 Å². The quantitative estimate of drug-likeness (QED) is 0.497. The molecule has 25 heavy (non-hydrogen) atoms. The van der Waals surface area contributed by atoms with Crippen LogP contribution in [0.4, 0.5) is 5.69 Å². The Morgan fingerprint density at radius 3 is 2.48 bits per heavy atom. The smallest absolute Gasteiger partial charge is 0.269 e. The normalized spacial score (nSPS) is 13.3. The average molecular weight is 348 g/mol. The first-order valence-corrected chi connectivity index (χ1v) is 7.65. The fraction of sp³-hybridized carbons (Fsp3) is 0.375. The van der Waals surface area contributed by atoms with Gasteiger partial charge in [0.15, 0.2) is 0 Å². The highest BCUT2D eigenvalue weighted by Crippen LogP contribution is 2.20. The summed E-state index contributed by atoms with van der Waals surface area (Å²) in [6.07, 6.45) is -1.20. The zero-order chi connectivity index (χ0) is 18.6. The van der Waals surface area contributed by atoms with E-state index >= 15 is 0 Å². The van der Waals surface area contributed by atoms with Gasteiger partial charge in [-0.1, -0.05) is 0 Å². The van der Waals surface area contributed by atoms with Crippen molar-refractivity contribution >= 4 is 11.6 Å². The number of hydrogen-bond acceptors (Lipinski definition) is 6. The fourth-order valence-corrected chi connectivity index (χ4v) is 2.47. The molecule has 0 fully saturated rings. The number of aliphatic hydroxyl groups excluding tert-OH is 2. The minimum absolute atomic E-state index is 0.0385. The number of nitro benzene ring substituents is 1. The molecular weight excluding hydrogens is 328 g/mol. The summed E-state index contributed by atoms with van der Waals surface area (Å²) in [6, 6.07) is 6.18. The molecule has 2 aromatic rings. The van der Waals surface area contributed by atoms with E-state index in [1.54, 1.807) is 0 Å². The second-order valence-electron chi connectivity index (χ2n) is 5.73. The van der Waals surface area contributed by atoms with E-state index in [1.165, 1.54) is 28.9 Å². The number of aryl methyl sites for hydroxylation is 2. The molecular formula is C16H20N4O5. The van der Waals surface area contributed by atoms with Crippen LogP contribution in [0.25, 0.3) is 0 Å². The van der Waals surface area contributed by atoms with Gasteiger partial charge in [-0.25, -0.2) is 0 Å². The van der Waals surface area contributed by atoms with Crippen LogP contribution in [0.15, 0.2) is 30.3 Å². The first-order chi connectivity index (χ1) is 11.8. The van der Waals surface area contributed by atoms with E-state index in [0.717, 1.165) is 11.4 Å². The summed E-state index contributed by atoms with van der Waals surface area (Å²) in [4.78, 5) is 22.3. The summed E-state index contributed by atoms with van der Waals surface area (Å²) >= 11 is 0. The van der Waals surface area contributed by atoms with Crippen LogP contribution >= 0.6 is 0 Å². The van der Waals surface area contributed by atoms with Gasteiger partial charge in [-0.15, -0.1) is 0 Å². The fourth-order valence-electron chi connectivity index (χ4n) is 2.47. The molecule has 0 aliphatic rings. The molecule has 0 saturated carbocycles. The molecule has 0 bridgehead atoms. The lowest BCUT2D eigenvalue weighted by molar-refractivity contribution is -0.384. The molecule has 2 unspecified atom stereocenters. The summed E-state index contributed by atoms with van der Waals surface area (Å²) in [5, 5.41) is 37.2. The SMILES string of the molecule is Cc1cc(C)n(CC(=O)NC(CO)C(O)c2ccc([N+](=O)[O-])cc2)n1. The van der Waals surface area contributed by atoms with Crippen LogP contribution in [-0.4, -0.2) is 43.5 Å². The molecule has 2 atom stereocenters. The van der Waals surface area contributed by atoms with Crippen molar-refractivity contribution in [3.8, 4) is 0 Å². The van der Waals surface area contributed by atoms with Crippen LogP contribution in [0.3, 0.4) is 0 Å². The van der Waals surface area contributed by atoms with Crippen molar-refractivity contribution in [2.24, 2.45) is 0 Å². The number of non-ortho nitro benzene ring substituents is 1. The van der Waals surface area contributed by atoms with E-state index < -0.39 is 29.6 Å². The van der Waals surface area contributed by atoms with Crippen molar-refractivity contribution in [1.29, 1.82) is 0 Å². The molecule has 0 aliphatic heterocycles. The molecule has 0 aliphatic carbocycles. The van der Waals surface area contributed by atoms with E-state index in [1.807, 2.05) is 19.9 Å². The van der Waals surface area contributed by atoms with Gasteiger partial charge >= 0.3 is 0 Å². The second kappa shape index (κ2) is 7.86. The molecule has 3 N–H and O–H groups in total. The molecule has 2 rings (SSSR count). The van der Waals surface area contributed by atoms with E-state index in [4.69, 9.17) is 0 Å². The predicted molar refractivity (Wildman–Crippen MR) is 88.8 cm³/mol. The Morgan fingerprint density at radius 1 is 1.36 bits per heavy atom. The Balaban J connectivity index is 2.03. The van der Waals surface area contributed by atoms with Crippen LogP contribution in [0, 0.1) is 24.0 Å². The zero-order valence-electron chi connectivity index (χ0n) is 13.9. The maximum atomic E-state index is 12.1. The third-order valence-electron chi connectivity index (χ3n) is 3.77. The first kappa shape index (κ1) is 18.6. The Morgan fingerprint density at radius 2 is 2.00 bits per heavy atom. The number of amides is 1. The average Bonchev–Trinajstić information content (AvgIpc) is 2.89. The lowest BCUT2D eigenvalue weighted by Crippen LogP contribution is -2.43. The summed E-state index contributed by atoms with van der Waals surface area (Å²) in [5.41, 5.74) is 1.86. The lowest BCUT2D eigenvalue weighted by atomic mass is 10.0. The minimum Gasteiger partial charge on any atom is -0.394 e. The van der Waals surface area contributed by atoms with E-state index in [2.05, 4.69) is 10.4 Å². The van der Waals surface area contributed by atoms with E-state index in [9.17, 15) is 25.1 Å². The Bertz CT molecular complexity index is 756. The number of aromatic nitrogens is 2. The van der Waals surface area contributed by atoms with Crippen molar-refractivity contribution in [3.05, 3.63) is 57.4 Å². The van der Waals surface area contributed by atoms with Crippen molar-refractivity contribution in [2.45, 2.75) is 32.5 Å². The maximum Gasteiger partial charge on any atom is 0.269 e. The number of hydrogen-bond donors (Lipinski definition) is 3. The van der Waals surface area contributed by atoms with Crippen LogP contribution in [-0.2, 0) is 11.3 Å². The highest BCUT2D eigenvalue weighted by Gasteiger charge is 2.23. The molecule has 1 aromatic carbocycles. The number of carbonyl (C=O) groups excluding carboxylic acids is 1. The summed E-state index contributed by atoms with van der Waals surface area (Å²) < 4.78 is 1.53. The number of rotatable bonds is 7. The number of nitrogens with zero attached hydrogens (tertiary/aromatic N) is 3. The molecule has 0 radical (unpaired) electrons. The highest BCUT2D eigenvalue weighted by molar-refractivity contribution is 5.76. The van der Waals surface area contributed by atoms with Gasteiger partial charge < -0.3 is 15.5 Å². The monoisotopic (exact) mass is 348 g/mol. The largest absolute Gasteiger partial charge is 0.394 e. The van der Waals surface area contributed by atoms with Gasteiger partial charge in [-0.05, 0) is 37.6 Å². The third-order valence-corrected chi connectivity index (χ3v) is 3.77. The van der Waals surface area contributed by atoms with Crippen LogP contribution in [0.5, 0.6) is 0 Å². The summed E-state index contributed by atoms with van der Waals surface area (Å²) in [5.74, 6) is -0.411. The number of nitro groups is 1. The Labute approximate surface area is 144 Å². The number of aliphatic hydroxyl groups is 2. The second-order valence-corrected chi connectivity index (χ2v) is 5.73. The van der Waals surface area contributed by atoms with Crippen molar-refractivity contribution < 1.29 is 19.9 Å². The number of nitrogens with one attached hydrogen (secondary N) is 1. The Kier molecular flexibility index (Phi) is 5.84.